The molecule has 132 valence electrons. The second kappa shape index (κ2) is 5.55. The minimum atomic E-state index is -4.81. The summed E-state index contributed by atoms with van der Waals surface area (Å²) in [7, 11) is -4.81. The monoisotopic (exact) mass is 343 g/mol. The standard InChI is InChI=1S/C18H29FO3S/c1-16(2,3)11-10-12(17(4,5)6)15(23(20,21)22)13(14(11)19)18(7,8)9/h10H,1-9H3,(H,20,21,22)/p-1. The van der Waals surface area contributed by atoms with E-state index in [1.165, 1.54) is 0 Å². The number of rotatable bonds is 1. The SMILES string of the molecule is CC(C)(C)c1cc(C(C)(C)C)c(S(=O)(=O)[O-])c(C(C)(C)C)c1F. The molecule has 0 fully saturated rings. The lowest BCUT2D eigenvalue weighted by Crippen LogP contribution is -2.28. The van der Waals surface area contributed by atoms with E-state index in [9.17, 15) is 13.0 Å². The summed E-state index contributed by atoms with van der Waals surface area (Å²) in [6, 6.07) is 1.55. The van der Waals surface area contributed by atoms with Crippen LogP contribution in [0.25, 0.3) is 0 Å². The Labute approximate surface area is 140 Å². The third kappa shape index (κ3) is 4.13. The molecule has 5 heteroatoms. The lowest BCUT2D eigenvalue weighted by atomic mass is 9.75. The zero-order valence-electron chi connectivity index (χ0n) is 15.6. The van der Waals surface area contributed by atoms with Crippen molar-refractivity contribution in [3.63, 3.8) is 0 Å². The quantitative estimate of drug-likeness (QED) is 0.699. The highest BCUT2D eigenvalue weighted by Gasteiger charge is 2.35. The molecule has 0 atom stereocenters. The fourth-order valence-corrected chi connectivity index (χ4v) is 3.95. The van der Waals surface area contributed by atoms with E-state index in [0.29, 0.717) is 11.1 Å². The molecule has 0 N–H and O–H groups in total. The molecule has 0 aliphatic carbocycles. The summed E-state index contributed by atoms with van der Waals surface area (Å²) in [6.07, 6.45) is 0. The van der Waals surface area contributed by atoms with Crippen molar-refractivity contribution in [3.8, 4) is 0 Å². The highest BCUT2D eigenvalue weighted by Crippen LogP contribution is 2.42. The van der Waals surface area contributed by atoms with Gasteiger partial charge in [0.1, 0.15) is 15.9 Å². The van der Waals surface area contributed by atoms with Gasteiger partial charge in [-0.3, -0.25) is 0 Å². The van der Waals surface area contributed by atoms with E-state index in [1.807, 2.05) is 41.5 Å². The fourth-order valence-electron chi connectivity index (χ4n) is 2.67. The molecule has 0 amide bonds. The van der Waals surface area contributed by atoms with Crippen LogP contribution in [0.1, 0.15) is 79.0 Å². The Morgan fingerprint density at radius 3 is 1.48 bits per heavy atom. The van der Waals surface area contributed by atoms with Crippen molar-refractivity contribution in [1.82, 2.24) is 0 Å². The zero-order valence-corrected chi connectivity index (χ0v) is 16.4. The smallest absolute Gasteiger partial charge is 0.131 e. The Bertz CT molecular complexity index is 713. The first-order valence-electron chi connectivity index (χ1n) is 7.72. The maximum absolute atomic E-state index is 15.2. The van der Waals surface area contributed by atoms with Crippen LogP contribution < -0.4 is 0 Å². The van der Waals surface area contributed by atoms with Crippen LogP contribution >= 0.6 is 0 Å². The molecular formula is C18H28FO3S-. The summed E-state index contributed by atoms with van der Waals surface area (Å²) >= 11 is 0. The molecule has 23 heavy (non-hydrogen) atoms. The summed E-state index contributed by atoms with van der Waals surface area (Å²) in [5.74, 6) is -0.590. The van der Waals surface area contributed by atoms with Gasteiger partial charge in [0.2, 0.25) is 0 Å². The molecule has 0 saturated carbocycles. The molecule has 0 heterocycles. The largest absolute Gasteiger partial charge is 0.744 e. The van der Waals surface area contributed by atoms with Gasteiger partial charge in [-0.25, -0.2) is 12.8 Å². The van der Waals surface area contributed by atoms with Gasteiger partial charge >= 0.3 is 0 Å². The first kappa shape index (κ1) is 20.1. The van der Waals surface area contributed by atoms with Crippen molar-refractivity contribution in [2.75, 3.05) is 0 Å². The molecule has 1 aromatic rings. The van der Waals surface area contributed by atoms with Gasteiger partial charge in [0.25, 0.3) is 0 Å². The number of hydrogen-bond acceptors (Lipinski definition) is 3. The third-order valence-electron chi connectivity index (χ3n) is 3.83. The Morgan fingerprint density at radius 1 is 0.826 bits per heavy atom. The van der Waals surface area contributed by atoms with Gasteiger partial charge in [-0.2, -0.15) is 0 Å². The van der Waals surface area contributed by atoms with Gasteiger partial charge in [-0.1, -0.05) is 68.4 Å². The fraction of sp³-hybridized carbons (Fsp3) is 0.667. The van der Waals surface area contributed by atoms with Gasteiger partial charge < -0.3 is 4.55 Å². The molecule has 0 aromatic heterocycles. The van der Waals surface area contributed by atoms with Crippen molar-refractivity contribution in [1.29, 1.82) is 0 Å². The topological polar surface area (TPSA) is 57.2 Å². The molecule has 0 unspecified atom stereocenters. The van der Waals surface area contributed by atoms with Crippen molar-refractivity contribution in [2.45, 2.75) is 83.5 Å². The molecule has 0 aliphatic rings. The van der Waals surface area contributed by atoms with E-state index in [0.717, 1.165) is 0 Å². The molecule has 0 radical (unpaired) electrons. The van der Waals surface area contributed by atoms with Crippen LogP contribution in [0.5, 0.6) is 0 Å². The van der Waals surface area contributed by atoms with Crippen molar-refractivity contribution in [2.24, 2.45) is 0 Å². The lowest BCUT2D eigenvalue weighted by Gasteiger charge is -2.34. The molecule has 3 nitrogen and oxygen atoms in total. The van der Waals surface area contributed by atoms with Crippen LogP contribution in [0, 0.1) is 5.82 Å². The second-order valence-corrected chi connectivity index (χ2v) is 10.5. The predicted octanol–water partition coefficient (Wildman–Crippen LogP) is 4.62. The van der Waals surface area contributed by atoms with E-state index in [1.54, 1.807) is 26.8 Å². The summed E-state index contributed by atoms with van der Waals surface area (Å²) in [5, 5.41) is 0. The van der Waals surface area contributed by atoms with Gasteiger partial charge in [0.15, 0.2) is 0 Å². The van der Waals surface area contributed by atoms with E-state index < -0.39 is 37.1 Å². The van der Waals surface area contributed by atoms with Crippen LogP contribution in [-0.4, -0.2) is 13.0 Å². The summed E-state index contributed by atoms with van der Waals surface area (Å²) in [4.78, 5) is -0.400. The van der Waals surface area contributed by atoms with Gasteiger partial charge in [-0.05, 0) is 27.4 Å². The minimum absolute atomic E-state index is 0.00940. The molecule has 0 saturated heterocycles. The zero-order chi connectivity index (χ0) is 18.6. The Hall–Kier alpha value is -0.940. The number of benzene rings is 1. The average Bonchev–Trinajstić information content (AvgIpc) is 2.21. The first-order valence-corrected chi connectivity index (χ1v) is 9.13. The van der Waals surface area contributed by atoms with Crippen LogP contribution in [0.4, 0.5) is 4.39 Å². The van der Waals surface area contributed by atoms with Gasteiger partial charge in [0, 0.05) is 5.56 Å². The second-order valence-electron chi connectivity index (χ2n) is 9.19. The number of hydrogen-bond donors (Lipinski definition) is 0. The number of halogens is 1. The lowest BCUT2D eigenvalue weighted by molar-refractivity contribution is 0.431. The predicted molar refractivity (Wildman–Crippen MR) is 90.5 cm³/mol. The molecule has 0 spiro atoms. The molecule has 0 aliphatic heterocycles. The van der Waals surface area contributed by atoms with Crippen molar-refractivity contribution < 1.29 is 17.4 Å². The van der Waals surface area contributed by atoms with Crippen LogP contribution in [0.15, 0.2) is 11.0 Å². The third-order valence-corrected chi connectivity index (χ3v) is 4.76. The van der Waals surface area contributed by atoms with Gasteiger partial charge in [0.05, 0.1) is 4.90 Å². The van der Waals surface area contributed by atoms with E-state index in [-0.39, 0.29) is 5.56 Å². The van der Waals surface area contributed by atoms with E-state index in [4.69, 9.17) is 0 Å². The van der Waals surface area contributed by atoms with E-state index >= 15 is 4.39 Å². The molecular weight excluding hydrogens is 315 g/mol. The maximum Gasteiger partial charge on any atom is 0.131 e. The van der Waals surface area contributed by atoms with Crippen molar-refractivity contribution >= 4 is 10.1 Å². The molecule has 0 bridgehead atoms. The van der Waals surface area contributed by atoms with Crippen LogP contribution in [0.3, 0.4) is 0 Å². The summed E-state index contributed by atoms with van der Waals surface area (Å²) in [5.41, 5.74) is -1.11. The van der Waals surface area contributed by atoms with Gasteiger partial charge in [-0.15, -0.1) is 0 Å². The normalized spacial score (nSPS) is 14.2. The maximum atomic E-state index is 15.2. The Morgan fingerprint density at radius 2 is 1.22 bits per heavy atom. The summed E-state index contributed by atoms with van der Waals surface area (Å²) < 4.78 is 51.1. The Kier molecular flexibility index (Phi) is 4.86. The average molecular weight is 343 g/mol. The van der Waals surface area contributed by atoms with E-state index in [2.05, 4.69) is 0 Å². The van der Waals surface area contributed by atoms with Crippen molar-refractivity contribution in [3.05, 3.63) is 28.6 Å². The molecule has 1 aromatic carbocycles. The molecule has 1 rings (SSSR count). The first-order chi connectivity index (χ1) is 9.88. The van der Waals surface area contributed by atoms with Crippen LogP contribution in [-0.2, 0) is 26.4 Å². The van der Waals surface area contributed by atoms with Crippen LogP contribution in [0.2, 0.25) is 0 Å². The Balaban J connectivity index is 4.22. The summed E-state index contributed by atoms with van der Waals surface area (Å²) in [6.45, 7) is 16.3. The minimum Gasteiger partial charge on any atom is -0.744 e. The highest BCUT2D eigenvalue weighted by molar-refractivity contribution is 7.85. The highest BCUT2D eigenvalue weighted by atomic mass is 32.2.